The van der Waals surface area contributed by atoms with Crippen LogP contribution in [0.25, 0.3) is 17.0 Å². The molecule has 0 amide bonds. The smallest absolute Gasteiger partial charge is 0.340 e. The number of fused-ring (bicyclic) bond motifs is 1. The monoisotopic (exact) mass is 342 g/mol. The third-order valence-corrected chi connectivity index (χ3v) is 4.17. The first-order valence-electron chi connectivity index (χ1n) is 7.42. The highest BCUT2D eigenvalue weighted by Gasteiger charge is 2.10. The maximum Gasteiger partial charge on any atom is 0.340 e. The molecule has 3 N–H and O–H groups in total. The minimum atomic E-state index is -0.279. The van der Waals surface area contributed by atoms with Crippen molar-refractivity contribution in [1.29, 1.82) is 0 Å². The highest BCUT2D eigenvalue weighted by molar-refractivity contribution is 7.08. The second-order valence-corrected chi connectivity index (χ2v) is 5.96. The van der Waals surface area contributed by atoms with Crippen molar-refractivity contribution in [3.05, 3.63) is 45.3 Å². The normalized spacial score (nSPS) is 11.2. The van der Waals surface area contributed by atoms with Gasteiger partial charge in [-0.3, -0.25) is 4.98 Å². The summed E-state index contributed by atoms with van der Waals surface area (Å²) in [6, 6.07) is 5.74. The Balaban J connectivity index is 1.44. The van der Waals surface area contributed by atoms with E-state index in [0.717, 1.165) is 23.6 Å². The third-order valence-electron chi connectivity index (χ3n) is 3.49. The van der Waals surface area contributed by atoms with Crippen LogP contribution in [0, 0.1) is 0 Å². The Morgan fingerprint density at radius 1 is 1.25 bits per heavy atom. The van der Waals surface area contributed by atoms with Crippen molar-refractivity contribution in [1.82, 2.24) is 35.0 Å². The predicted molar refractivity (Wildman–Crippen MR) is 90.1 cm³/mol. The molecule has 0 unspecified atom stereocenters. The quantitative estimate of drug-likeness (QED) is 0.455. The number of aryl methyl sites for hydroxylation is 1. The van der Waals surface area contributed by atoms with Gasteiger partial charge in [0, 0.05) is 23.9 Å². The first-order valence-corrected chi connectivity index (χ1v) is 8.36. The molecule has 0 atom stereocenters. The average molecular weight is 342 g/mol. The van der Waals surface area contributed by atoms with Gasteiger partial charge < -0.3 is 5.32 Å². The summed E-state index contributed by atoms with van der Waals surface area (Å²) < 4.78 is 1.73. The molecule has 10 heteroatoms. The molecule has 9 nitrogen and oxygen atoms in total. The molecular formula is C14H14N8OS. The van der Waals surface area contributed by atoms with Crippen LogP contribution in [0.3, 0.4) is 0 Å². The molecule has 0 aromatic carbocycles. The van der Waals surface area contributed by atoms with E-state index in [0.29, 0.717) is 24.4 Å². The lowest BCUT2D eigenvalue weighted by molar-refractivity contribution is 0.799. The highest BCUT2D eigenvalue weighted by atomic mass is 32.1. The lowest BCUT2D eigenvalue weighted by atomic mass is 10.3. The van der Waals surface area contributed by atoms with Crippen LogP contribution in [0.5, 0.6) is 0 Å². The maximum absolute atomic E-state index is 11.0. The molecule has 0 aliphatic rings. The Morgan fingerprint density at radius 2 is 2.21 bits per heavy atom. The van der Waals surface area contributed by atoms with Gasteiger partial charge >= 0.3 is 5.69 Å². The summed E-state index contributed by atoms with van der Waals surface area (Å²) in [6.45, 7) is 0.712. The Kier molecular flexibility index (Phi) is 3.79. The van der Waals surface area contributed by atoms with Crippen LogP contribution >= 0.6 is 11.3 Å². The van der Waals surface area contributed by atoms with Gasteiger partial charge in [0.25, 0.3) is 0 Å². The maximum atomic E-state index is 11.0. The zero-order chi connectivity index (χ0) is 16.4. The van der Waals surface area contributed by atoms with E-state index in [4.69, 9.17) is 0 Å². The van der Waals surface area contributed by atoms with Crippen LogP contribution in [0.4, 0.5) is 5.82 Å². The lowest BCUT2D eigenvalue weighted by Crippen LogP contribution is -2.08. The lowest BCUT2D eigenvalue weighted by Gasteiger charge is -2.05. The molecule has 4 aromatic heterocycles. The number of H-pyrrole nitrogens is 2. The molecule has 0 bridgehead atoms. The zero-order valence-corrected chi connectivity index (χ0v) is 13.4. The van der Waals surface area contributed by atoms with Gasteiger partial charge in [-0.05, 0) is 30.0 Å². The first-order chi connectivity index (χ1) is 11.8. The molecule has 0 saturated heterocycles. The molecule has 0 aliphatic carbocycles. The number of anilines is 1. The van der Waals surface area contributed by atoms with Gasteiger partial charge in [0.2, 0.25) is 0 Å². The SMILES string of the molecule is O=c1[nH]nc(CCCNc2ccc3nnc(-c4ccsc4)n3n2)[nH]1. The van der Waals surface area contributed by atoms with Gasteiger partial charge in [0.1, 0.15) is 11.6 Å². The third kappa shape index (κ3) is 2.91. The highest BCUT2D eigenvalue weighted by Crippen LogP contribution is 2.20. The average Bonchev–Trinajstić information content (AvgIpc) is 3.31. The molecule has 122 valence electrons. The van der Waals surface area contributed by atoms with E-state index in [1.807, 2.05) is 29.0 Å². The zero-order valence-electron chi connectivity index (χ0n) is 12.6. The summed E-state index contributed by atoms with van der Waals surface area (Å²) in [5.41, 5.74) is 1.43. The summed E-state index contributed by atoms with van der Waals surface area (Å²) in [6.07, 6.45) is 1.50. The van der Waals surface area contributed by atoms with Gasteiger partial charge in [0.15, 0.2) is 11.5 Å². The number of hydrogen-bond donors (Lipinski definition) is 3. The minimum Gasteiger partial charge on any atom is -0.369 e. The van der Waals surface area contributed by atoms with E-state index in [2.05, 4.69) is 35.8 Å². The summed E-state index contributed by atoms with van der Waals surface area (Å²) in [7, 11) is 0. The van der Waals surface area contributed by atoms with Crippen LogP contribution in [0.15, 0.2) is 33.8 Å². The van der Waals surface area contributed by atoms with E-state index >= 15 is 0 Å². The van der Waals surface area contributed by atoms with E-state index in [-0.39, 0.29) is 5.69 Å². The molecular weight excluding hydrogens is 328 g/mol. The van der Waals surface area contributed by atoms with Crippen molar-refractivity contribution in [2.24, 2.45) is 0 Å². The predicted octanol–water partition coefficient (Wildman–Crippen LogP) is 1.31. The second-order valence-electron chi connectivity index (χ2n) is 5.18. The van der Waals surface area contributed by atoms with E-state index in [1.165, 1.54) is 0 Å². The van der Waals surface area contributed by atoms with Crippen LogP contribution in [0.2, 0.25) is 0 Å². The number of thiophene rings is 1. The van der Waals surface area contributed by atoms with Gasteiger partial charge in [-0.15, -0.1) is 15.3 Å². The fourth-order valence-electron chi connectivity index (χ4n) is 2.35. The van der Waals surface area contributed by atoms with Crippen molar-refractivity contribution in [2.75, 3.05) is 11.9 Å². The molecule has 0 spiro atoms. The van der Waals surface area contributed by atoms with E-state index in [1.54, 1.807) is 15.9 Å². The summed E-state index contributed by atoms with van der Waals surface area (Å²) in [5, 5.41) is 26.4. The van der Waals surface area contributed by atoms with Crippen LogP contribution in [0.1, 0.15) is 12.2 Å². The van der Waals surface area contributed by atoms with Crippen molar-refractivity contribution < 1.29 is 0 Å². The molecule has 4 rings (SSSR count). The number of nitrogens with zero attached hydrogens (tertiary/aromatic N) is 5. The van der Waals surface area contributed by atoms with Gasteiger partial charge in [-0.1, -0.05) is 0 Å². The fraction of sp³-hybridized carbons (Fsp3) is 0.214. The van der Waals surface area contributed by atoms with E-state index < -0.39 is 0 Å². The largest absolute Gasteiger partial charge is 0.369 e. The molecule has 24 heavy (non-hydrogen) atoms. The van der Waals surface area contributed by atoms with Crippen LogP contribution < -0.4 is 11.0 Å². The molecule has 0 radical (unpaired) electrons. The minimum absolute atomic E-state index is 0.279. The number of nitrogens with one attached hydrogen (secondary N) is 3. The molecule has 0 saturated carbocycles. The topological polar surface area (TPSA) is 117 Å². The van der Waals surface area contributed by atoms with Crippen molar-refractivity contribution in [3.8, 4) is 11.4 Å². The van der Waals surface area contributed by atoms with Crippen molar-refractivity contribution >= 4 is 22.8 Å². The Morgan fingerprint density at radius 3 is 3.00 bits per heavy atom. The molecule has 4 heterocycles. The van der Waals surface area contributed by atoms with E-state index in [9.17, 15) is 4.79 Å². The number of aromatic amines is 2. The number of hydrogen-bond acceptors (Lipinski definition) is 7. The van der Waals surface area contributed by atoms with Crippen molar-refractivity contribution in [3.63, 3.8) is 0 Å². The van der Waals surface area contributed by atoms with Crippen molar-refractivity contribution in [2.45, 2.75) is 12.8 Å². The van der Waals surface area contributed by atoms with Gasteiger partial charge in [0.05, 0.1) is 0 Å². The Bertz CT molecular complexity index is 999. The Labute approximate surface area is 139 Å². The van der Waals surface area contributed by atoms with Gasteiger partial charge in [-0.2, -0.15) is 21.0 Å². The molecule has 0 aliphatic heterocycles. The standard InChI is InChI=1S/C14H14N8OS/c23-14-16-11(17-20-14)2-1-6-15-10-3-4-12-18-19-13(22(12)21-10)9-5-7-24-8-9/h3-5,7-8H,1-2,6H2,(H,15,21)(H2,16,17,20,23). The first kappa shape index (κ1) is 14.6. The Hall–Kier alpha value is -3.01. The summed E-state index contributed by atoms with van der Waals surface area (Å²) in [4.78, 5) is 13.6. The summed E-state index contributed by atoms with van der Waals surface area (Å²) in [5.74, 6) is 2.13. The fourth-order valence-corrected chi connectivity index (χ4v) is 2.99. The van der Waals surface area contributed by atoms with Gasteiger partial charge in [-0.25, -0.2) is 9.89 Å². The van der Waals surface area contributed by atoms with Crippen LogP contribution in [-0.2, 0) is 6.42 Å². The number of aromatic nitrogens is 7. The second kappa shape index (κ2) is 6.24. The summed E-state index contributed by atoms with van der Waals surface area (Å²) >= 11 is 1.61. The van der Waals surface area contributed by atoms with Crippen LogP contribution in [-0.4, -0.2) is 41.5 Å². The molecule has 0 fully saturated rings. The number of rotatable bonds is 6. The molecule has 4 aromatic rings.